The lowest BCUT2D eigenvalue weighted by molar-refractivity contribution is -0.154. The summed E-state index contributed by atoms with van der Waals surface area (Å²) in [4.78, 5) is 0. The van der Waals surface area contributed by atoms with E-state index in [9.17, 15) is 0 Å². The summed E-state index contributed by atoms with van der Waals surface area (Å²) in [6.45, 7) is 4.20. The fraction of sp³-hybridized carbons (Fsp3) is 0.273. The first-order chi connectivity index (χ1) is 13.9. The second kappa shape index (κ2) is 8.87. The van der Waals surface area contributed by atoms with E-state index >= 15 is 0 Å². The third-order valence-electron chi connectivity index (χ3n) is 4.87. The first kappa shape index (κ1) is 21.6. The zero-order valence-electron chi connectivity index (χ0n) is 15.8. The van der Waals surface area contributed by atoms with Crippen molar-refractivity contribution in [2.24, 2.45) is 0 Å². The van der Waals surface area contributed by atoms with Crippen LogP contribution >= 0.6 is 63.7 Å². The van der Waals surface area contributed by atoms with Gasteiger partial charge in [-0.3, -0.25) is 4.74 Å². The summed E-state index contributed by atoms with van der Waals surface area (Å²) in [5.41, 5.74) is 4.19. The number of fused-ring (bicyclic) bond motifs is 2. The van der Waals surface area contributed by atoms with Crippen LogP contribution in [0.2, 0.25) is 0 Å². The molecule has 2 aliphatic rings. The van der Waals surface area contributed by atoms with Crippen LogP contribution in [-0.2, 0) is 4.74 Å². The minimum Gasteiger partial charge on any atom is -0.459 e. The SMILES string of the molecule is CCC1=Cc2cc(Br)cc(Br)c2OC1OC1Oc2c(Br)cc(Br)cc2C=C1CC. The maximum absolute atomic E-state index is 6.38. The molecule has 7 heteroatoms. The lowest BCUT2D eigenvalue weighted by Crippen LogP contribution is -2.36. The Labute approximate surface area is 204 Å². The topological polar surface area (TPSA) is 27.7 Å². The van der Waals surface area contributed by atoms with Gasteiger partial charge in [-0.25, -0.2) is 0 Å². The van der Waals surface area contributed by atoms with Gasteiger partial charge in [0.15, 0.2) is 0 Å². The van der Waals surface area contributed by atoms with Crippen LogP contribution in [0, 0.1) is 0 Å². The van der Waals surface area contributed by atoms with Gasteiger partial charge in [0, 0.05) is 20.1 Å². The van der Waals surface area contributed by atoms with E-state index in [0.717, 1.165) is 64.5 Å². The largest absolute Gasteiger partial charge is 0.459 e. The molecule has 0 saturated heterocycles. The minimum atomic E-state index is -0.513. The van der Waals surface area contributed by atoms with Gasteiger partial charge < -0.3 is 9.47 Å². The molecular weight excluding hydrogens is 632 g/mol. The van der Waals surface area contributed by atoms with Crippen molar-refractivity contribution in [1.29, 1.82) is 0 Å². The van der Waals surface area contributed by atoms with Gasteiger partial charge in [0.05, 0.1) is 8.95 Å². The molecule has 2 atom stereocenters. The van der Waals surface area contributed by atoms with Gasteiger partial charge in [-0.05, 0) is 92.3 Å². The molecule has 0 radical (unpaired) electrons. The van der Waals surface area contributed by atoms with E-state index < -0.39 is 12.6 Å². The van der Waals surface area contributed by atoms with Crippen LogP contribution in [0.1, 0.15) is 37.8 Å². The highest BCUT2D eigenvalue weighted by Gasteiger charge is 2.32. The van der Waals surface area contributed by atoms with Crippen molar-refractivity contribution in [1.82, 2.24) is 0 Å². The highest BCUT2D eigenvalue weighted by atomic mass is 79.9. The first-order valence-corrected chi connectivity index (χ1v) is 12.4. The van der Waals surface area contributed by atoms with Gasteiger partial charge in [-0.2, -0.15) is 0 Å². The maximum atomic E-state index is 6.38. The number of ether oxygens (including phenoxy) is 3. The van der Waals surface area contributed by atoms with Crippen LogP contribution in [0.4, 0.5) is 0 Å². The highest BCUT2D eigenvalue weighted by molar-refractivity contribution is 9.11. The molecule has 4 rings (SSSR count). The van der Waals surface area contributed by atoms with E-state index in [1.807, 2.05) is 24.3 Å². The predicted octanol–water partition coefficient (Wildman–Crippen LogP) is 8.48. The molecule has 0 aromatic heterocycles. The molecule has 29 heavy (non-hydrogen) atoms. The third-order valence-corrected chi connectivity index (χ3v) is 6.97. The Morgan fingerprint density at radius 1 is 0.724 bits per heavy atom. The Bertz CT molecular complexity index is 948. The summed E-state index contributed by atoms with van der Waals surface area (Å²) in [5.74, 6) is 1.55. The lowest BCUT2D eigenvalue weighted by atomic mass is 10.0. The second-order valence-corrected chi connectivity index (χ2v) is 10.3. The van der Waals surface area contributed by atoms with Gasteiger partial charge >= 0.3 is 0 Å². The summed E-state index contributed by atoms with van der Waals surface area (Å²) in [5, 5.41) is 0. The van der Waals surface area contributed by atoms with Gasteiger partial charge in [0.1, 0.15) is 11.5 Å². The number of benzene rings is 2. The standard InChI is InChI=1S/C22H18Br4O3/c1-3-11-5-13-7-15(23)9-17(25)19(13)27-21(11)29-22-12(4-2)6-14-8-16(24)10-18(26)20(14)28-22/h5-10,21-22H,3-4H2,1-2H3. The summed E-state index contributed by atoms with van der Waals surface area (Å²) < 4.78 is 22.7. The highest BCUT2D eigenvalue weighted by Crippen LogP contribution is 2.42. The quantitative estimate of drug-likeness (QED) is 0.333. The number of hydrogen-bond acceptors (Lipinski definition) is 3. The van der Waals surface area contributed by atoms with Crippen molar-refractivity contribution in [3.8, 4) is 11.5 Å². The fourth-order valence-electron chi connectivity index (χ4n) is 3.40. The predicted molar refractivity (Wildman–Crippen MR) is 130 cm³/mol. The molecule has 152 valence electrons. The van der Waals surface area contributed by atoms with Crippen LogP contribution in [-0.4, -0.2) is 12.6 Å². The van der Waals surface area contributed by atoms with Gasteiger partial charge in [0.25, 0.3) is 0 Å². The number of hydrogen-bond donors (Lipinski definition) is 0. The van der Waals surface area contributed by atoms with E-state index in [4.69, 9.17) is 14.2 Å². The summed E-state index contributed by atoms with van der Waals surface area (Å²) >= 11 is 14.3. The molecule has 0 fully saturated rings. The summed E-state index contributed by atoms with van der Waals surface area (Å²) in [7, 11) is 0. The molecule has 0 bridgehead atoms. The Balaban J connectivity index is 1.65. The lowest BCUT2D eigenvalue weighted by Gasteiger charge is -2.33. The fourth-order valence-corrected chi connectivity index (χ4v) is 6.11. The van der Waals surface area contributed by atoms with Crippen molar-refractivity contribution in [3.63, 3.8) is 0 Å². The van der Waals surface area contributed by atoms with Crippen molar-refractivity contribution < 1.29 is 14.2 Å². The zero-order valence-corrected chi connectivity index (χ0v) is 22.1. The van der Waals surface area contributed by atoms with Gasteiger partial charge in [-0.1, -0.05) is 45.7 Å². The van der Waals surface area contributed by atoms with E-state index in [1.54, 1.807) is 0 Å². The molecule has 0 saturated carbocycles. The Morgan fingerprint density at radius 2 is 1.14 bits per heavy atom. The second-order valence-electron chi connectivity index (χ2n) is 6.79. The molecule has 2 aliphatic heterocycles. The molecule has 0 N–H and O–H groups in total. The van der Waals surface area contributed by atoms with E-state index in [-0.39, 0.29) is 0 Å². The maximum Gasteiger partial charge on any atom is 0.226 e. The first-order valence-electron chi connectivity index (χ1n) is 9.27. The van der Waals surface area contributed by atoms with Crippen molar-refractivity contribution in [2.75, 3.05) is 0 Å². The van der Waals surface area contributed by atoms with Crippen molar-refractivity contribution in [2.45, 2.75) is 39.3 Å². The Hall–Kier alpha value is -0.600. The average molecular weight is 650 g/mol. The number of halogens is 4. The van der Waals surface area contributed by atoms with Crippen molar-refractivity contribution in [3.05, 3.63) is 64.4 Å². The van der Waals surface area contributed by atoms with E-state index in [2.05, 4.69) is 89.7 Å². The molecule has 2 aromatic carbocycles. The molecule has 2 aromatic rings. The summed E-state index contributed by atoms with van der Waals surface area (Å²) in [6.07, 6.45) is 4.89. The molecule has 3 nitrogen and oxygen atoms in total. The van der Waals surface area contributed by atoms with Gasteiger partial charge in [-0.15, -0.1) is 0 Å². The van der Waals surface area contributed by atoms with E-state index in [0.29, 0.717) is 0 Å². The molecule has 0 spiro atoms. The van der Waals surface area contributed by atoms with Gasteiger partial charge in [0.2, 0.25) is 12.6 Å². The smallest absolute Gasteiger partial charge is 0.226 e. The number of rotatable bonds is 4. The molecule has 2 unspecified atom stereocenters. The molecule has 0 amide bonds. The van der Waals surface area contributed by atoms with E-state index in [1.165, 1.54) is 0 Å². The van der Waals surface area contributed by atoms with Crippen molar-refractivity contribution >= 4 is 75.9 Å². The molecule has 0 aliphatic carbocycles. The Kier molecular flexibility index (Phi) is 6.61. The van der Waals surface area contributed by atoms with Crippen LogP contribution in [0.25, 0.3) is 12.2 Å². The Morgan fingerprint density at radius 3 is 1.52 bits per heavy atom. The van der Waals surface area contributed by atoms with Crippen LogP contribution in [0.5, 0.6) is 11.5 Å². The normalized spacial score (nSPS) is 20.1. The molecule has 2 heterocycles. The van der Waals surface area contributed by atoms with Crippen LogP contribution in [0.15, 0.2) is 53.3 Å². The minimum absolute atomic E-state index is 0.513. The zero-order chi connectivity index (χ0) is 20.7. The monoisotopic (exact) mass is 646 g/mol. The summed E-state index contributed by atoms with van der Waals surface area (Å²) in [6, 6.07) is 8.04. The average Bonchev–Trinajstić information content (AvgIpc) is 2.67. The van der Waals surface area contributed by atoms with Crippen LogP contribution < -0.4 is 9.47 Å². The molecular formula is C22H18Br4O3. The van der Waals surface area contributed by atoms with Crippen LogP contribution in [0.3, 0.4) is 0 Å². The third kappa shape index (κ3) is 4.40.